The Bertz CT molecular complexity index is 763. The molecule has 5 heteroatoms. The molecule has 1 atom stereocenters. The van der Waals surface area contributed by atoms with Crippen LogP contribution in [-0.4, -0.2) is 28.1 Å². The number of aryl methyl sites for hydroxylation is 1. The van der Waals surface area contributed by atoms with Crippen LogP contribution in [0, 0.1) is 12.8 Å². The molecule has 0 radical (unpaired) electrons. The zero-order chi connectivity index (χ0) is 22.1. The average molecular weight is 403 g/mol. The van der Waals surface area contributed by atoms with Crippen molar-refractivity contribution in [1.82, 2.24) is 0 Å². The monoisotopic (exact) mass is 402 g/mol. The SMILES string of the molecule is CC(=O)O[C@H](C(=O)CC(C)C)/C(C)=C/CC/C(C)=C/Cc1c(O)cc(C)cc1O. The quantitative estimate of drug-likeness (QED) is 0.417. The Morgan fingerprint density at radius 1 is 1.07 bits per heavy atom. The van der Waals surface area contributed by atoms with Gasteiger partial charge in [0, 0.05) is 18.9 Å². The molecule has 0 saturated heterocycles. The van der Waals surface area contributed by atoms with E-state index < -0.39 is 12.1 Å². The van der Waals surface area contributed by atoms with Crippen molar-refractivity contribution >= 4 is 11.8 Å². The lowest BCUT2D eigenvalue weighted by atomic mass is 9.97. The van der Waals surface area contributed by atoms with Crippen LogP contribution < -0.4 is 0 Å². The van der Waals surface area contributed by atoms with Crippen LogP contribution in [0.1, 0.15) is 65.0 Å². The molecule has 1 rings (SSSR count). The van der Waals surface area contributed by atoms with Crippen molar-refractivity contribution in [3.05, 3.63) is 46.6 Å². The van der Waals surface area contributed by atoms with Gasteiger partial charge in [0.25, 0.3) is 0 Å². The Balaban J connectivity index is 2.74. The molecule has 160 valence electrons. The molecule has 0 aliphatic rings. The zero-order valence-corrected chi connectivity index (χ0v) is 18.4. The first-order valence-electron chi connectivity index (χ1n) is 10.0. The van der Waals surface area contributed by atoms with Crippen LogP contribution in [-0.2, 0) is 20.7 Å². The van der Waals surface area contributed by atoms with E-state index in [0.717, 1.165) is 23.1 Å². The molecule has 0 unspecified atom stereocenters. The molecular formula is C24H34O5. The normalized spacial score (nSPS) is 13.5. The molecule has 0 spiro atoms. The van der Waals surface area contributed by atoms with Gasteiger partial charge in [-0.2, -0.15) is 0 Å². The fraction of sp³-hybridized carbons (Fsp3) is 0.500. The van der Waals surface area contributed by atoms with Crippen LogP contribution in [0.2, 0.25) is 0 Å². The maximum Gasteiger partial charge on any atom is 0.303 e. The van der Waals surface area contributed by atoms with Gasteiger partial charge in [-0.1, -0.05) is 31.6 Å². The number of hydrogen-bond acceptors (Lipinski definition) is 5. The molecule has 0 fully saturated rings. The van der Waals surface area contributed by atoms with Crippen molar-refractivity contribution in [3.63, 3.8) is 0 Å². The minimum Gasteiger partial charge on any atom is -0.508 e. The number of Topliss-reactive ketones (excluding diaryl/α,β-unsaturated/α-hetero) is 1. The molecule has 0 amide bonds. The largest absolute Gasteiger partial charge is 0.508 e. The summed E-state index contributed by atoms with van der Waals surface area (Å²) >= 11 is 0. The lowest BCUT2D eigenvalue weighted by molar-refractivity contribution is -0.151. The Kier molecular flexibility index (Phi) is 9.66. The van der Waals surface area contributed by atoms with Crippen molar-refractivity contribution in [1.29, 1.82) is 0 Å². The summed E-state index contributed by atoms with van der Waals surface area (Å²) in [6.07, 6.45) is 5.36. The number of hydrogen-bond donors (Lipinski definition) is 2. The molecule has 2 N–H and O–H groups in total. The predicted octanol–water partition coefficient (Wildman–Crippen LogP) is 5.17. The number of ketones is 1. The molecular weight excluding hydrogens is 368 g/mol. The third-order valence-electron chi connectivity index (χ3n) is 4.61. The van der Waals surface area contributed by atoms with Crippen LogP contribution in [0.5, 0.6) is 11.5 Å². The second kappa shape index (κ2) is 11.4. The highest BCUT2D eigenvalue weighted by Crippen LogP contribution is 2.29. The summed E-state index contributed by atoms with van der Waals surface area (Å²) in [4.78, 5) is 23.8. The van der Waals surface area contributed by atoms with E-state index in [9.17, 15) is 19.8 Å². The average Bonchev–Trinajstić information content (AvgIpc) is 2.57. The molecule has 0 heterocycles. The molecule has 29 heavy (non-hydrogen) atoms. The van der Waals surface area contributed by atoms with Crippen molar-refractivity contribution in [2.75, 3.05) is 0 Å². The number of aromatic hydroxyl groups is 2. The van der Waals surface area contributed by atoms with Gasteiger partial charge in [0.1, 0.15) is 11.5 Å². The van der Waals surface area contributed by atoms with E-state index >= 15 is 0 Å². The lowest BCUT2D eigenvalue weighted by Crippen LogP contribution is -2.28. The summed E-state index contributed by atoms with van der Waals surface area (Å²) < 4.78 is 5.25. The molecule has 1 aromatic carbocycles. The fourth-order valence-corrected chi connectivity index (χ4v) is 3.09. The van der Waals surface area contributed by atoms with Gasteiger partial charge in [0.15, 0.2) is 11.9 Å². The molecule has 0 bridgehead atoms. The molecule has 0 aliphatic heterocycles. The van der Waals surface area contributed by atoms with Crippen LogP contribution >= 0.6 is 0 Å². The van der Waals surface area contributed by atoms with E-state index in [1.54, 1.807) is 12.1 Å². The number of rotatable bonds is 10. The van der Waals surface area contributed by atoms with Gasteiger partial charge in [-0.15, -0.1) is 0 Å². The van der Waals surface area contributed by atoms with E-state index in [2.05, 4.69) is 0 Å². The molecule has 0 aliphatic carbocycles. The first kappa shape index (κ1) is 24.5. The van der Waals surface area contributed by atoms with Gasteiger partial charge < -0.3 is 14.9 Å². The van der Waals surface area contributed by atoms with Crippen molar-refractivity contribution in [3.8, 4) is 11.5 Å². The van der Waals surface area contributed by atoms with E-state index in [1.165, 1.54) is 6.92 Å². The summed E-state index contributed by atoms with van der Waals surface area (Å²) in [5.74, 6) is -0.159. The number of allylic oxidation sites excluding steroid dienone is 3. The van der Waals surface area contributed by atoms with E-state index in [1.807, 2.05) is 46.8 Å². The van der Waals surface area contributed by atoms with Crippen LogP contribution in [0.3, 0.4) is 0 Å². The summed E-state index contributed by atoms with van der Waals surface area (Å²) in [6.45, 7) is 10.8. The molecule has 1 aromatic rings. The van der Waals surface area contributed by atoms with Crippen molar-refractivity contribution < 1.29 is 24.5 Å². The molecule has 0 aromatic heterocycles. The number of carbonyl (C=O) groups excluding carboxylic acids is 2. The summed E-state index contributed by atoms with van der Waals surface area (Å²) in [6, 6.07) is 3.27. The first-order valence-corrected chi connectivity index (χ1v) is 10.0. The van der Waals surface area contributed by atoms with Crippen LogP contribution in [0.25, 0.3) is 0 Å². The van der Waals surface area contributed by atoms with Gasteiger partial charge >= 0.3 is 5.97 Å². The summed E-state index contributed by atoms with van der Waals surface area (Å²) in [5.41, 5.74) is 3.16. The number of benzene rings is 1. The number of phenolic OH excluding ortho intramolecular Hbond substituents is 2. The lowest BCUT2D eigenvalue weighted by Gasteiger charge is -2.18. The number of ether oxygens (including phenoxy) is 1. The number of phenols is 2. The Morgan fingerprint density at radius 2 is 1.66 bits per heavy atom. The Morgan fingerprint density at radius 3 is 2.17 bits per heavy atom. The third-order valence-corrected chi connectivity index (χ3v) is 4.61. The summed E-state index contributed by atoms with van der Waals surface area (Å²) in [7, 11) is 0. The number of carbonyl (C=O) groups is 2. The highest BCUT2D eigenvalue weighted by atomic mass is 16.5. The maximum atomic E-state index is 12.4. The van der Waals surface area contributed by atoms with E-state index in [0.29, 0.717) is 24.8 Å². The highest BCUT2D eigenvalue weighted by Gasteiger charge is 2.23. The van der Waals surface area contributed by atoms with Gasteiger partial charge in [0.2, 0.25) is 0 Å². The van der Waals surface area contributed by atoms with E-state index in [-0.39, 0.29) is 23.2 Å². The second-order valence-electron chi connectivity index (χ2n) is 8.08. The Labute approximate surface area is 174 Å². The number of esters is 1. The summed E-state index contributed by atoms with van der Waals surface area (Å²) in [5, 5.41) is 20.0. The Hall–Kier alpha value is -2.56. The third kappa shape index (κ3) is 8.55. The smallest absolute Gasteiger partial charge is 0.303 e. The fourth-order valence-electron chi connectivity index (χ4n) is 3.09. The minimum atomic E-state index is -0.819. The second-order valence-corrected chi connectivity index (χ2v) is 8.08. The first-order chi connectivity index (χ1) is 13.5. The van der Waals surface area contributed by atoms with Crippen LogP contribution in [0.15, 0.2) is 35.4 Å². The predicted molar refractivity (Wildman–Crippen MR) is 115 cm³/mol. The van der Waals surface area contributed by atoms with E-state index in [4.69, 9.17) is 4.74 Å². The highest BCUT2D eigenvalue weighted by molar-refractivity contribution is 5.88. The minimum absolute atomic E-state index is 0.0819. The van der Waals surface area contributed by atoms with Gasteiger partial charge in [-0.05, 0) is 69.2 Å². The standard InChI is InChI=1S/C24H34O5/c1-15(2)12-23(28)24(29-19(6)25)18(5)9-7-8-16(3)10-11-20-21(26)13-17(4)14-22(20)27/h9-10,13-15,24,26-27H,7-8,11-12H2,1-6H3/b16-10+,18-9+/t24-/m0/s1. The van der Waals surface area contributed by atoms with Crippen molar-refractivity contribution in [2.24, 2.45) is 5.92 Å². The zero-order valence-electron chi connectivity index (χ0n) is 18.4. The maximum absolute atomic E-state index is 12.4. The molecule has 5 nitrogen and oxygen atoms in total. The van der Waals surface area contributed by atoms with Gasteiger partial charge in [0.05, 0.1) is 0 Å². The van der Waals surface area contributed by atoms with Gasteiger partial charge in [-0.3, -0.25) is 9.59 Å². The van der Waals surface area contributed by atoms with Crippen LogP contribution in [0.4, 0.5) is 0 Å². The van der Waals surface area contributed by atoms with Crippen molar-refractivity contribution in [2.45, 2.75) is 73.3 Å². The topological polar surface area (TPSA) is 83.8 Å². The van der Waals surface area contributed by atoms with Gasteiger partial charge in [-0.25, -0.2) is 0 Å². The molecule has 0 saturated carbocycles.